The lowest BCUT2D eigenvalue weighted by Crippen LogP contribution is -2.47. The van der Waals surface area contributed by atoms with Gasteiger partial charge in [-0.1, -0.05) is 0 Å². The summed E-state index contributed by atoms with van der Waals surface area (Å²) in [4.78, 5) is 14.0. The molecule has 1 saturated heterocycles. The van der Waals surface area contributed by atoms with Crippen LogP contribution in [0.2, 0.25) is 0 Å². The lowest BCUT2D eigenvalue weighted by atomic mass is 10.2. The number of hydrogen-bond acceptors (Lipinski definition) is 3. The predicted molar refractivity (Wildman–Crippen MR) is 81.5 cm³/mol. The molecule has 6 heteroatoms. The van der Waals surface area contributed by atoms with Crippen LogP contribution in [0.25, 0.3) is 0 Å². The van der Waals surface area contributed by atoms with Crippen molar-refractivity contribution < 1.29 is 13.9 Å². The van der Waals surface area contributed by atoms with E-state index in [9.17, 15) is 4.79 Å². The highest BCUT2D eigenvalue weighted by Crippen LogP contribution is 2.23. The van der Waals surface area contributed by atoms with Crippen LogP contribution in [0.15, 0.2) is 41.1 Å². The van der Waals surface area contributed by atoms with Crippen LogP contribution in [0.1, 0.15) is 17.6 Å². The molecule has 1 atom stereocenters. The Hall–Kier alpha value is -2.21. The van der Waals surface area contributed by atoms with Gasteiger partial charge in [0.05, 0.1) is 13.2 Å². The molecule has 1 N–H and O–H groups in total. The second kappa shape index (κ2) is 6.70. The highest BCUT2D eigenvalue weighted by molar-refractivity contribution is 5.74. The van der Waals surface area contributed by atoms with E-state index in [1.165, 1.54) is 0 Å². The van der Waals surface area contributed by atoms with Gasteiger partial charge in [-0.05, 0) is 31.2 Å². The molecule has 2 amide bonds. The van der Waals surface area contributed by atoms with Gasteiger partial charge < -0.3 is 23.9 Å². The summed E-state index contributed by atoms with van der Waals surface area (Å²) >= 11 is 0. The van der Waals surface area contributed by atoms with E-state index in [0.717, 1.165) is 18.1 Å². The number of carbonyl (C=O) groups excluding carboxylic acids is 1. The van der Waals surface area contributed by atoms with Gasteiger partial charge in [-0.3, -0.25) is 0 Å². The molecule has 3 heterocycles. The fourth-order valence-corrected chi connectivity index (χ4v) is 2.56. The zero-order valence-electron chi connectivity index (χ0n) is 12.7. The first-order chi connectivity index (χ1) is 10.7. The SMILES string of the molecule is Cc1ccc([C@H]2CN(C(=O)NCCn3cccc3)CCO2)o1. The minimum atomic E-state index is -0.183. The van der Waals surface area contributed by atoms with Crippen LogP contribution < -0.4 is 5.32 Å². The van der Waals surface area contributed by atoms with E-state index in [1.54, 1.807) is 4.90 Å². The number of nitrogens with zero attached hydrogens (tertiary/aromatic N) is 2. The van der Waals surface area contributed by atoms with Crippen molar-refractivity contribution in [2.45, 2.75) is 19.6 Å². The quantitative estimate of drug-likeness (QED) is 0.941. The minimum absolute atomic E-state index is 0.0521. The first-order valence-corrected chi connectivity index (χ1v) is 7.54. The van der Waals surface area contributed by atoms with Gasteiger partial charge in [-0.25, -0.2) is 4.79 Å². The molecule has 0 spiro atoms. The number of furan rings is 1. The molecule has 1 aliphatic heterocycles. The first kappa shape index (κ1) is 14.7. The summed E-state index contributed by atoms with van der Waals surface area (Å²) in [5, 5.41) is 2.95. The molecule has 6 nitrogen and oxygen atoms in total. The molecule has 1 aliphatic rings. The molecule has 1 fully saturated rings. The Morgan fingerprint density at radius 2 is 2.18 bits per heavy atom. The largest absolute Gasteiger partial charge is 0.464 e. The van der Waals surface area contributed by atoms with Crippen molar-refractivity contribution in [2.75, 3.05) is 26.2 Å². The summed E-state index contributed by atoms with van der Waals surface area (Å²) in [5.41, 5.74) is 0. The molecule has 0 radical (unpaired) electrons. The molecule has 3 rings (SSSR count). The number of urea groups is 1. The van der Waals surface area contributed by atoms with Crippen molar-refractivity contribution in [3.63, 3.8) is 0 Å². The standard InChI is InChI=1S/C16H21N3O3/c1-13-4-5-14(22-13)15-12-19(10-11-21-15)16(20)17-6-9-18-7-2-3-8-18/h2-5,7-8,15H,6,9-12H2,1H3,(H,17,20)/t15-/m1/s1. The Labute approximate surface area is 129 Å². The van der Waals surface area contributed by atoms with Crippen molar-refractivity contribution >= 4 is 6.03 Å². The molecule has 2 aromatic rings. The van der Waals surface area contributed by atoms with Crippen LogP contribution in [-0.2, 0) is 11.3 Å². The number of rotatable bonds is 4. The van der Waals surface area contributed by atoms with Crippen LogP contribution in [0, 0.1) is 6.92 Å². The molecular formula is C16H21N3O3. The Kier molecular flexibility index (Phi) is 4.48. The van der Waals surface area contributed by atoms with Gasteiger partial charge in [-0.15, -0.1) is 0 Å². The summed E-state index contributed by atoms with van der Waals surface area (Å²) in [7, 11) is 0. The van der Waals surface area contributed by atoms with Crippen LogP contribution in [0.4, 0.5) is 4.79 Å². The number of morpholine rings is 1. The van der Waals surface area contributed by atoms with E-state index in [4.69, 9.17) is 9.15 Å². The number of aromatic nitrogens is 1. The summed E-state index contributed by atoms with van der Waals surface area (Å²) < 4.78 is 13.3. The smallest absolute Gasteiger partial charge is 0.317 e. The van der Waals surface area contributed by atoms with E-state index in [0.29, 0.717) is 26.2 Å². The van der Waals surface area contributed by atoms with Crippen LogP contribution in [0.5, 0.6) is 0 Å². The summed E-state index contributed by atoms with van der Waals surface area (Å²) in [6.07, 6.45) is 3.78. The Morgan fingerprint density at radius 1 is 1.36 bits per heavy atom. The number of nitrogens with one attached hydrogen (secondary N) is 1. The zero-order valence-corrected chi connectivity index (χ0v) is 12.7. The fourth-order valence-electron chi connectivity index (χ4n) is 2.56. The molecule has 0 saturated carbocycles. The Bertz CT molecular complexity index is 606. The van der Waals surface area contributed by atoms with Crippen LogP contribution in [-0.4, -0.2) is 41.7 Å². The third-order valence-corrected chi connectivity index (χ3v) is 3.74. The molecular weight excluding hydrogens is 282 g/mol. The Balaban J connectivity index is 1.49. The zero-order chi connectivity index (χ0) is 15.4. The molecule has 0 bridgehead atoms. The van der Waals surface area contributed by atoms with Gasteiger partial charge in [-0.2, -0.15) is 0 Å². The maximum Gasteiger partial charge on any atom is 0.317 e. The summed E-state index contributed by atoms with van der Waals surface area (Å²) in [6.45, 7) is 4.92. The van der Waals surface area contributed by atoms with Crippen LogP contribution in [0.3, 0.4) is 0 Å². The first-order valence-electron chi connectivity index (χ1n) is 7.54. The molecule has 0 unspecified atom stereocenters. The van der Waals surface area contributed by atoms with E-state index < -0.39 is 0 Å². The third kappa shape index (κ3) is 3.51. The molecule has 0 aliphatic carbocycles. The van der Waals surface area contributed by atoms with E-state index in [-0.39, 0.29) is 12.1 Å². The van der Waals surface area contributed by atoms with Gasteiger partial charge in [0.15, 0.2) is 0 Å². The maximum atomic E-state index is 12.2. The van der Waals surface area contributed by atoms with Crippen molar-refractivity contribution in [1.29, 1.82) is 0 Å². The highest BCUT2D eigenvalue weighted by Gasteiger charge is 2.27. The fraction of sp³-hybridized carbons (Fsp3) is 0.438. The molecule has 118 valence electrons. The molecule has 2 aromatic heterocycles. The van der Waals surface area contributed by atoms with Crippen molar-refractivity contribution in [3.05, 3.63) is 48.2 Å². The number of carbonyl (C=O) groups is 1. The summed E-state index contributed by atoms with van der Waals surface area (Å²) in [6, 6.07) is 7.71. The monoisotopic (exact) mass is 303 g/mol. The van der Waals surface area contributed by atoms with Crippen molar-refractivity contribution in [3.8, 4) is 0 Å². The van der Waals surface area contributed by atoms with Gasteiger partial charge >= 0.3 is 6.03 Å². The average molecular weight is 303 g/mol. The number of ether oxygens (including phenoxy) is 1. The third-order valence-electron chi connectivity index (χ3n) is 3.74. The number of aryl methyl sites for hydroxylation is 1. The summed E-state index contributed by atoms with van der Waals surface area (Å²) in [5.74, 6) is 1.63. The van der Waals surface area contributed by atoms with E-state index in [1.807, 2.05) is 48.1 Å². The van der Waals surface area contributed by atoms with E-state index in [2.05, 4.69) is 5.32 Å². The lowest BCUT2D eigenvalue weighted by Gasteiger charge is -2.32. The second-order valence-electron chi connectivity index (χ2n) is 5.41. The second-order valence-corrected chi connectivity index (χ2v) is 5.41. The van der Waals surface area contributed by atoms with Crippen molar-refractivity contribution in [1.82, 2.24) is 14.8 Å². The maximum absolute atomic E-state index is 12.2. The van der Waals surface area contributed by atoms with Gasteiger partial charge in [0.1, 0.15) is 17.6 Å². The van der Waals surface area contributed by atoms with Gasteiger partial charge in [0.2, 0.25) is 0 Å². The average Bonchev–Trinajstić information content (AvgIpc) is 3.19. The van der Waals surface area contributed by atoms with Gasteiger partial charge in [0.25, 0.3) is 0 Å². The number of hydrogen-bond donors (Lipinski definition) is 1. The van der Waals surface area contributed by atoms with E-state index >= 15 is 0 Å². The van der Waals surface area contributed by atoms with Crippen LogP contribution >= 0.6 is 0 Å². The predicted octanol–water partition coefficient (Wildman–Crippen LogP) is 2.17. The van der Waals surface area contributed by atoms with Crippen molar-refractivity contribution in [2.24, 2.45) is 0 Å². The normalized spacial score (nSPS) is 18.4. The topological polar surface area (TPSA) is 59.6 Å². The molecule has 0 aromatic carbocycles. The number of amides is 2. The molecule has 22 heavy (non-hydrogen) atoms. The minimum Gasteiger partial charge on any atom is -0.464 e. The Morgan fingerprint density at radius 3 is 2.91 bits per heavy atom. The van der Waals surface area contributed by atoms with Gasteiger partial charge in [0, 0.05) is 32.0 Å². The highest BCUT2D eigenvalue weighted by atomic mass is 16.5. The lowest BCUT2D eigenvalue weighted by molar-refractivity contribution is -0.0263.